The zero-order valence-electron chi connectivity index (χ0n) is 10.4. The zero-order valence-corrected chi connectivity index (χ0v) is 10.4. The van der Waals surface area contributed by atoms with Crippen molar-refractivity contribution in [2.75, 3.05) is 24.6 Å². The Hall–Kier alpha value is -1.20. The van der Waals surface area contributed by atoms with Crippen LogP contribution in [0.2, 0.25) is 0 Å². The van der Waals surface area contributed by atoms with Crippen molar-refractivity contribution in [3.05, 3.63) is 29.8 Å². The normalized spacial score (nSPS) is 12.8. The Morgan fingerprint density at radius 3 is 2.28 bits per heavy atom. The third kappa shape index (κ3) is 4.23. The van der Waals surface area contributed by atoms with Gasteiger partial charge in [-0.25, -0.2) is 8.78 Å². The second kappa shape index (κ2) is 7.28. The number of hydrogen-bond donors (Lipinski definition) is 2. The molecule has 18 heavy (non-hydrogen) atoms. The third-order valence-corrected chi connectivity index (χ3v) is 2.76. The minimum absolute atomic E-state index is 0.167. The maximum absolute atomic E-state index is 12.4. The maximum Gasteiger partial charge on any atom is 0.255 e. The molecule has 0 unspecified atom stereocenters. The van der Waals surface area contributed by atoms with Gasteiger partial charge in [-0.05, 0) is 24.1 Å². The van der Waals surface area contributed by atoms with Crippen molar-refractivity contribution < 1.29 is 19.0 Å². The van der Waals surface area contributed by atoms with Crippen LogP contribution in [0.1, 0.15) is 25.0 Å². The second-order valence-electron chi connectivity index (χ2n) is 4.08. The minimum atomic E-state index is -2.45. The number of hydrogen-bond acceptors (Lipinski definition) is 3. The van der Waals surface area contributed by atoms with Crippen molar-refractivity contribution in [2.24, 2.45) is 0 Å². The molecule has 2 N–H and O–H groups in total. The first-order valence-corrected chi connectivity index (χ1v) is 6.00. The summed E-state index contributed by atoms with van der Waals surface area (Å²) in [6, 6.07) is 6.82. The fourth-order valence-electron chi connectivity index (χ4n) is 1.76. The Labute approximate surface area is 106 Å². The SMILES string of the molecule is CC[C@H](O)c1ccc(N(CCO)CC(F)F)cc1. The van der Waals surface area contributed by atoms with Gasteiger partial charge < -0.3 is 15.1 Å². The number of rotatable bonds is 7. The van der Waals surface area contributed by atoms with E-state index >= 15 is 0 Å². The van der Waals surface area contributed by atoms with Crippen LogP contribution in [0.15, 0.2) is 24.3 Å². The van der Waals surface area contributed by atoms with Crippen molar-refractivity contribution in [1.29, 1.82) is 0 Å². The van der Waals surface area contributed by atoms with Gasteiger partial charge >= 0.3 is 0 Å². The Kier molecular flexibility index (Phi) is 6.01. The van der Waals surface area contributed by atoms with E-state index in [-0.39, 0.29) is 13.2 Å². The molecule has 0 bridgehead atoms. The van der Waals surface area contributed by atoms with Gasteiger partial charge in [-0.3, -0.25) is 0 Å². The summed E-state index contributed by atoms with van der Waals surface area (Å²) in [5, 5.41) is 18.5. The van der Waals surface area contributed by atoms with Crippen molar-refractivity contribution in [1.82, 2.24) is 0 Å². The molecule has 5 heteroatoms. The van der Waals surface area contributed by atoms with Crippen LogP contribution in [-0.4, -0.2) is 36.3 Å². The fourth-order valence-corrected chi connectivity index (χ4v) is 1.76. The second-order valence-corrected chi connectivity index (χ2v) is 4.08. The molecule has 1 atom stereocenters. The monoisotopic (exact) mass is 259 g/mol. The highest BCUT2D eigenvalue weighted by Gasteiger charge is 2.13. The van der Waals surface area contributed by atoms with E-state index in [4.69, 9.17) is 5.11 Å². The molecule has 0 aliphatic carbocycles. The van der Waals surface area contributed by atoms with E-state index in [0.717, 1.165) is 5.56 Å². The van der Waals surface area contributed by atoms with Crippen LogP contribution in [0, 0.1) is 0 Å². The summed E-state index contributed by atoms with van der Waals surface area (Å²) in [7, 11) is 0. The zero-order chi connectivity index (χ0) is 13.5. The number of aliphatic hydroxyl groups excluding tert-OH is 2. The fraction of sp³-hybridized carbons (Fsp3) is 0.538. The number of benzene rings is 1. The van der Waals surface area contributed by atoms with Crippen molar-refractivity contribution >= 4 is 5.69 Å². The first-order chi connectivity index (χ1) is 8.58. The molecule has 1 aromatic rings. The van der Waals surface area contributed by atoms with Gasteiger partial charge in [0.1, 0.15) is 0 Å². The molecule has 0 amide bonds. The van der Waals surface area contributed by atoms with Gasteiger partial charge in [-0.1, -0.05) is 19.1 Å². The molecule has 0 heterocycles. The maximum atomic E-state index is 12.4. The van der Waals surface area contributed by atoms with Crippen molar-refractivity contribution in [3.63, 3.8) is 0 Å². The molecule has 1 rings (SSSR count). The Morgan fingerprint density at radius 1 is 1.22 bits per heavy atom. The molecule has 3 nitrogen and oxygen atoms in total. The van der Waals surface area contributed by atoms with Crippen LogP contribution >= 0.6 is 0 Å². The van der Waals surface area contributed by atoms with Gasteiger partial charge in [0.25, 0.3) is 6.43 Å². The molecular formula is C13H19F2NO2. The lowest BCUT2D eigenvalue weighted by atomic mass is 10.1. The van der Waals surface area contributed by atoms with Gasteiger partial charge in [0.15, 0.2) is 0 Å². The Balaban J connectivity index is 2.79. The summed E-state index contributed by atoms with van der Waals surface area (Å²) in [6.45, 7) is 1.45. The average molecular weight is 259 g/mol. The first kappa shape index (κ1) is 14.9. The molecule has 0 spiro atoms. The molecule has 0 aliphatic heterocycles. The number of aliphatic hydroxyl groups is 2. The van der Waals surface area contributed by atoms with E-state index in [9.17, 15) is 13.9 Å². The molecule has 0 saturated carbocycles. The van der Waals surface area contributed by atoms with Gasteiger partial charge in [0.05, 0.1) is 19.3 Å². The molecule has 1 aromatic carbocycles. The topological polar surface area (TPSA) is 43.7 Å². The van der Waals surface area contributed by atoms with Crippen molar-refractivity contribution in [3.8, 4) is 0 Å². The van der Waals surface area contributed by atoms with Gasteiger partial charge in [0, 0.05) is 12.2 Å². The summed E-state index contributed by atoms with van der Waals surface area (Å²) >= 11 is 0. The number of halogens is 2. The van der Waals surface area contributed by atoms with Gasteiger partial charge in [0.2, 0.25) is 0 Å². The van der Waals surface area contributed by atoms with Crippen LogP contribution in [-0.2, 0) is 0 Å². The molecule has 0 saturated heterocycles. The van der Waals surface area contributed by atoms with Gasteiger partial charge in [-0.15, -0.1) is 0 Å². The summed E-state index contributed by atoms with van der Waals surface area (Å²) < 4.78 is 24.8. The smallest absolute Gasteiger partial charge is 0.255 e. The number of alkyl halides is 2. The van der Waals surface area contributed by atoms with Crippen LogP contribution < -0.4 is 4.90 Å². The summed E-state index contributed by atoms with van der Waals surface area (Å²) in [5.41, 5.74) is 1.39. The van der Waals surface area contributed by atoms with E-state index < -0.39 is 19.1 Å². The van der Waals surface area contributed by atoms with Gasteiger partial charge in [-0.2, -0.15) is 0 Å². The van der Waals surface area contributed by atoms with E-state index in [2.05, 4.69) is 0 Å². The molecule has 0 radical (unpaired) electrons. The third-order valence-electron chi connectivity index (χ3n) is 2.76. The quantitative estimate of drug-likeness (QED) is 0.789. The minimum Gasteiger partial charge on any atom is -0.395 e. The van der Waals surface area contributed by atoms with E-state index in [0.29, 0.717) is 12.1 Å². The van der Waals surface area contributed by atoms with E-state index in [1.54, 1.807) is 24.3 Å². The molecule has 0 fully saturated rings. The van der Waals surface area contributed by atoms with E-state index in [1.165, 1.54) is 4.90 Å². The lowest BCUT2D eigenvalue weighted by molar-refractivity contribution is 0.152. The molecule has 0 aliphatic rings. The highest BCUT2D eigenvalue weighted by Crippen LogP contribution is 2.21. The highest BCUT2D eigenvalue weighted by molar-refractivity contribution is 5.48. The highest BCUT2D eigenvalue weighted by atomic mass is 19.3. The Bertz CT molecular complexity index is 343. The lowest BCUT2D eigenvalue weighted by Gasteiger charge is -2.24. The molecular weight excluding hydrogens is 240 g/mol. The van der Waals surface area contributed by atoms with Crippen LogP contribution in [0.3, 0.4) is 0 Å². The predicted octanol–water partition coefficient (Wildman–Crippen LogP) is 2.19. The number of anilines is 1. The lowest BCUT2D eigenvalue weighted by Crippen LogP contribution is -2.31. The van der Waals surface area contributed by atoms with Crippen molar-refractivity contribution in [2.45, 2.75) is 25.9 Å². The predicted molar refractivity (Wildman–Crippen MR) is 67.0 cm³/mol. The standard InChI is InChI=1S/C13H19F2NO2/c1-2-12(18)10-3-5-11(6-4-10)16(7-8-17)9-13(14)15/h3-6,12-13,17-18H,2,7-9H2,1H3/t12-/m0/s1. The molecule has 102 valence electrons. The van der Waals surface area contributed by atoms with Crippen LogP contribution in [0.25, 0.3) is 0 Å². The summed E-state index contributed by atoms with van der Waals surface area (Å²) in [5.74, 6) is 0. The van der Waals surface area contributed by atoms with Crippen LogP contribution in [0.5, 0.6) is 0 Å². The van der Waals surface area contributed by atoms with E-state index in [1.807, 2.05) is 6.92 Å². The summed E-state index contributed by atoms with van der Waals surface area (Å²) in [6.07, 6.45) is -2.37. The summed E-state index contributed by atoms with van der Waals surface area (Å²) in [4.78, 5) is 1.42. The Morgan fingerprint density at radius 2 is 1.83 bits per heavy atom. The largest absolute Gasteiger partial charge is 0.395 e. The molecule has 0 aromatic heterocycles. The number of nitrogens with zero attached hydrogens (tertiary/aromatic N) is 1. The first-order valence-electron chi connectivity index (χ1n) is 6.00. The average Bonchev–Trinajstić information content (AvgIpc) is 2.37. The van der Waals surface area contributed by atoms with Crippen LogP contribution in [0.4, 0.5) is 14.5 Å².